The van der Waals surface area contributed by atoms with Gasteiger partial charge in [-0.2, -0.15) is 0 Å². The largest absolute Gasteiger partial charge is 0.456 e. The normalized spacial score (nSPS) is 11.9. The van der Waals surface area contributed by atoms with Crippen molar-refractivity contribution in [3.05, 3.63) is 182 Å². The molecule has 57 heavy (non-hydrogen) atoms. The lowest BCUT2D eigenvalue weighted by molar-refractivity contribution is 0.669. The van der Waals surface area contributed by atoms with Crippen molar-refractivity contribution in [2.24, 2.45) is 0 Å². The first kappa shape index (κ1) is 31.5. The Labute approximate surface area is 325 Å². The van der Waals surface area contributed by atoms with Crippen LogP contribution in [-0.2, 0) is 0 Å². The van der Waals surface area contributed by atoms with Crippen LogP contribution < -0.4 is 0 Å². The van der Waals surface area contributed by atoms with Crippen LogP contribution in [0.3, 0.4) is 0 Å². The Balaban J connectivity index is 1.09. The standard InChI is InChI=1S/C51H30N4O2/c1-3-13-31(14-4-1)32-15-11-16-33(29-32)49-52-50(54-51(53-49)40-21-12-24-45-46(40)39-20-8-10-23-43(39)56-45)34-25-28-44-41(30-34)38-27-26-37-36-19-7-9-22-42(36)55(47(37)48(38)57-44)35-17-5-2-6-18-35/h1-30H. The number of hydrogen-bond donors (Lipinski definition) is 0. The van der Waals surface area contributed by atoms with Crippen molar-refractivity contribution in [3.63, 3.8) is 0 Å². The van der Waals surface area contributed by atoms with Gasteiger partial charge in [-0.1, -0.05) is 121 Å². The van der Waals surface area contributed by atoms with Crippen molar-refractivity contribution in [3.8, 4) is 51.0 Å². The lowest BCUT2D eigenvalue weighted by Gasteiger charge is -2.10. The molecule has 12 rings (SSSR count). The summed E-state index contributed by atoms with van der Waals surface area (Å²) in [5.74, 6) is 1.73. The summed E-state index contributed by atoms with van der Waals surface area (Å²) in [6.45, 7) is 0. The molecule has 0 amide bonds. The summed E-state index contributed by atoms with van der Waals surface area (Å²) in [5, 5.41) is 6.34. The van der Waals surface area contributed by atoms with Crippen LogP contribution in [0.25, 0.3) is 117 Å². The van der Waals surface area contributed by atoms with E-state index in [1.165, 1.54) is 5.39 Å². The molecule has 0 saturated carbocycles. The van der Waals surface area contributed by atoms with Gasteiger partial charge in [-0.05, 0) is 71.8 Å². The zero-order valence-electron chi connectivity index (χ0n) is 30.4. The third-order valence-electron chi connectivity index (χ3n) is 11.1. The van der Waals surface area contributed by atoms with Crippen LogP contribution in [0.15, 0.2) is 191 Å². The van der Waals surface area contributed by atoms with Gasteiger partial charge in [0.1, 0.15) is 16.7 Å². The van der Waals surface area contributed by atoms with E-state index in [0.29, 0.717) is 17.5 Å². The SMILES string of the molecule is c1ccc(-c2cccc(-c3nc(-c4ccc5oc6c(ccc7c8ccccc8n(-c8ccccc8)c76)c5c4)nc(-c4cccc5oc6ccccc6c45)n3)c2)cc1. The fourth-order valence-corrected chi connectivity index (χ4v) is 8.45. The quantitative estimate of drug-likeness (QED) is 0.176. The molecule has 6 nitrogen and oxygen atoms in total. The molecule has 4 heterocycles. The molecule has 0 fully saturated rings. The Morgan fingerprint density at radius 2 is 1.00 bits per heavy atom. The second-order valence-corrected chi connectivity index (χ2v) is 14.4. The van der Waals surface area contributed by atoms with Gasteiger partial charge in [-0.15, -0.1) is 0 Å². The minimum atomic E-state index is 0.570. The maximum atomic E-state index is 6.79. The minimum absolute atomic E-state index is 0.570. The second-order valence-electron chi connectivity index (χ2n) is 14.4. The summed E-state index contributed by atoms with van der Waals surface area (Å²) in [6.07, 6.45) is 0. The van der Waals surface area contributed by atoms with Crippen LogP contribution in [0.1, 0.15) is 0 Å². The van der Waals surface area contributed by atoms with Crippen LogP contribution in [0, 0.1) is 0 Å². The van der Waals surface area contributed by atoms with Gasteiger partial charge >= 0.3 is 0 Å². The summed E-state index contributed by atoms with van der Waals surface area (Å²) >= 11 is 0. The summed E-state index contributed by atoms with van der Waals surface area (Å²) < 4.78 is 15.4. The van der Waals surface area contributed by atoms with E-state index in [1.54, 1.807) is 0 Å². The molecule has 0 unspecified atom stereocenters. The first-order valence-corrected chi connectivity index (χ1v) is 19.0. The number of aromatic nitrogens is 4. The van der Waals surface area contributed by atoms with Crippen molar-refractivity contribution in [2.45, 2.75) is 0 Å². The van der Waals surface area contributed by atoms with Gasteiger partial charge in [0, 0.05) is 54.7 Å². The molecule has 0 bridgehead atoms. The zero-order valence-corrected chi connectivity index (χ0v) is 30.4. The van der Waals surface area contributed by atoms with E-state index in [2.05, 4.69) is 132 Å². The topological polar surface area (TPSA) is 69.9 Å². The van der Waals surface area contributed by atoms with Gasteiger partial charge in [0.15, 0.2) is 23.1 Å². The van der Waals surface area contributed by atoms with Crippen LogP contribution in [-0.4, -0.2) is 19.5 Å². The van der Waals surface area contributed by atoms with Crippen molar-refractivity contribution in [1.29, 1.82) is 0 Å². The predicted molar refractivity (Wildman–Crippen MR) is 230 cm³/mol. The highest BCUT2D eigenvalue weighted by Gasteiger charge is 2.21. The molecular formula is C51H30N4O2. The van der Waals surface area contributed by atoms with E-state index in [1.807, 2.05) is 54.6 Å². The highest BCUT2D eigenvalue weighted by molar-refractivity contribution is 6.21. The smallest absolute Gasteiger partial charge is 0.164 e. The molecule has 4 aromatic heterocycles. The first-order valence-electron chi connectivity index (χ1n) is 19.0. The number of rotatable bonds is 5. The van der Waals surface area contributed by atoms with Gasteiger partial charge in [-0.3, -0.25) is 0 Å². The monoisotopic (exact) mass is 730 g/mol. The molecule has 0 saturated heterocycles. The number of furan rings is 2. The molecule has 266 valence electrons. The van der Waals surface area contributed by atoms with Gasteiger partial charge < -0.3 is 13.4 Å². The number of para-hydroxylation sites is 3. The Bertz CT molecular complexity index is 3530. The molecule has 0 aliphatic rings. The van der Waals surface area contributed by atoms with Gasteiger partial charge in [-0.25, -0.2) is 15.0 Å². The van der Waals surface area contributed by atoms with E-state index >= 15 is 0 Å². The van der Waals surface area contributed by atoms with Crippen LogP contribution in [0.4, 0.5) is 0 Å². The van der Waals surface area contributed by atoms with Crippen molar-refractivity contribution in [2.75, 3.05) is 0 Å². The van der Waals surface area contributed by atoms with Crippen LogP contribution in [0.2, 0.25) is 0 Å². The molecular weight excluding hydrogens is 701 g/mol. The van der Waals surface area contributed by atoms with Crippen molar-refractivity contribution in [1.82, 2.24) is 19.5 Å². The number of hydrogen-bond acceptors (Lipinski definition) is 5. The van der Waals surface area contributed by atoms with Gasteiger partial charge in [0.2, 0.25) is 0 Å². The summed E-state index contributed by atoms with van der Waals surface area (Å²) in [5.41, 5.74) is 11.4. The summed E-state index contributed by atoms with van der Waals surface area (Å²) in [7, 11) is 0. The number of fused-ring (bicyclic) bond motifs is 10. The van der Waals surface area contributed by atoms with Crippen molar-refractivity contribution >= 4 is 65.7 Å². The van der Waals surface area contributed by atoms with E-state index in [0.717, 1.165) is 93.8 Å². The summed E-state index contributed by atoms with van der Waals surface area (Å²) in [4.78, 5) is 15.6. The molecule has 0 spiro atoms. The fraction of sp³-hybridized carbons (Fsp3) is 0. The Hall–Kier alpha value is -7.83. The number of benzene rings is 8. The molecule has 0 atom stereocenters. The van der Waals surface area contributed by atoms with Gasteiger partial charge in [0.05, 0.1) is 11.0 Å². The molecule has 0 radical (unpaired) electrons. The average molecular weight is 731 g/mol. The molecule has 6 heteroatoms. The second kappa shape index (κ2) is 12.3. The Kier molecular flexibility index (Phi) is 6.83. The van der Waals surface area contributed by atoms with E-state index in [-0.39, 0.29) is 0 Å². The van der Waals surface area contributed by atoms with Crippen molar-refractivity contribution < 1.29 is 8.83 Å². The van der Waals surface area contributed by atoms with E-state index < -0.39 is 0 Å². The summed E-state index contributed by atoms with van der Waals surface area (Å²) in [6, 6.07) is 62.6. The lowest BCUT2D eigenvalue weighted by atomic mass is 10.0. The van der Waals surface area contributed by atoms with Crippen LogP contribution in [0.5, 0.6) is 0 Å². The molecule has 0 N–H and O–H groups in total. The van der Waals surface area contributed by atoms with Gasteiger partial charge in [0.25, 0.3) is 0 Å². The maximum Gasteiger partial charge on any atom is 0.164 e. The Morgan fingerprint density at radius 1 is 0.368 bits per heavy atom. The minimum Gasteiger partial charge on any atom is -0.456 e. The number of nitrogens with zero attached hydrogens (tertiary/aromatic N) is 4. The first-order chi connectivity index (χ1) is 28.2. The Morgan fingerprint density at radius 3 is 1.86 bits per heavy atom. The predicted octanol–water partition coefficient (Wildman–Crippen LogP) is 13.4. The highest BCUT2D eigenvalue weighted by atomic mass is 16.3. The average Bonchev–Trinajstić information content (AvgIpc) is 3.96. The third kappa shape index (κ3) is 4.94. The molecule has 0 aliphatic carbocycles. The lowest BCUT2D eigenvalue weighted by Crippen LogP contribution is -2.00. The fourth-order valence-electron chi connectivity index (χ4n) is 8.45. The van der Waals surface area contributed by atoms with E-state index in [4.69, 9.17) is 23.8 Å². The molecule has 12 aromatic rings. The van der Waals surface area contributed by atoms with E-state index in [9.17, 15) is 0 Å². The molecule has 8 aromatic carbocycles. The maximum absolute atomic E-state index is 6.79. The molecule has 0 aliphatic heterocycles. The third-order valence-corrected chi connectivity index (χ3v) is 11.1. The van der Waals surface area contributed by atoms with Crippen LogP contribution >= 0.6 is 0 Å². The zero-order chi connectivity index (χ0) is 37.5. The highest BCUT2D eigenvalue weighted by Crippen LogP contribution is 2.42.